The van der Waals surface area contributed by atoms with Gasteiger partial charge in [-0.3, -0.25) is 0 Å². The lowest BCUT2D eigenvalue weighted by Gasteiger charge is -2.14. The van der Waals surface area contributed by atoms with Crippen LogP contribution >= 0.6 is 0 Å². The molecule has 0 nitrogen and oxygen atoms in total. The largest absolute Gasteiger partial charge is 0.0654 e. The zero-order valence-electron chi connectivity index (χ0n) is 12.6. The van der Waals surface area contributed by atoms with Crippen molar-refractivity contribution in [2.45, 2.75) is 59.3 Å². The molecule has 2 aromatic carbocycles. The van der Waals surface area contributed by atoms with E-state index in [0.29, 0.717) is 0 Å². The molecule has 0 atom stereocenters. The normalized spacial score (nSPS) is 11.1. The monoisotopic (exact) mass is 254 g/mol. The summed E-state index contributed by atoms with van der Waals surface area (Å²) in [5.74, 6) is 0. The molecule has 102 valence electrons. The van der Waals surface area contributed by atoms with E-state index in [0.717, 1.165) is 0 Å². The quantitative estimate of drug-likeness (QED) is 0.608. The molecule has 0 aliphatic rings. The summed E-state index contributed by atoms with van der Waals surface area (Å²) in [6.07, 6.45) is 7.62. The Hall–Kier alpha value is -1.30. The van der Waals surface area contributed by atoms with Crippen LogP contribution in [0.4, 0.5) is 0 Å². The molecular formula is C19H26. The summed E-state index contributed by atoms with van der Waals surface area (Å²) in [5, 5.41) is 2.93. The molecule has 0 saturated carbocycles. The molecule has 0 saturated heterocycles. The molecule has 0 bridgehead atoms. The van der Waals surface area contributed by atoms with Gasteiger partial charge in [-0.25, -0.2) is 0 Å². The van der Waals surface area contributed by atoms with Crippen molar-refractivity contribution in [3.63, 3.8) is 0 Å². The third kappa shape index (κ3) is 3.18. The molecule has 19 heavy (non-hydrogen) atoms. The Morgan fingerprint density at radius 2 is 1.53 bits per heavy atom. The van der Waals surface area contributed by atoms with Crippen LogP contribution in [-0.2, 0) is 12.8 Å². The Kier molecular flexibility index (Phi) is 5.01. The highest BCUT2D eigenvalue weighted by atomic mass is 14.1. The van der Waals surface area contributed by atoms with Crippen molar-refractivity contribution in [2.24, 2.45) is 0 Å². The summed E-state index contributed by atoms with van der Waals surface area (Å²) in [6.45, 7) is 6.77. The lowest BCUT2D eigenvalue weighted by atomic mass is 9.91. The predicted molar refractivity (Wildman–Crippen MR) is 85.9 cm³/mol. The second-order valence-corrected chi connectivity index (χ2v) is 5.58. The second kappa shape index (κ2) is 6.75. The van der Waals surface area contributed by atoms with E-state index in [4.69, 9.17) is 0 Å². The number of aryl methyl sites for hydroxylation is 3. The van der Waals surface area contributed by atoms with Gasteiger partial charge in [0.1, 0.15) is 0 Å². The highest BCUT2D eigenvalue weighted by Gasteiger charge is 2.08. The number of rotatable bonds is 6. The maximum absolute atomic E-state index is 2.37. The molecule has 0 spiro atoms. The van der Waals surface area contributed by atoms with Gasteiger partial charge in [-0.05, 0) is 60.1 Å². The standard InChI is InChI=1S/C19H26/c1-4-6-10-16-13-14-17-15(3)9-8-12-19(17)18(16)11-7-5-2/h8-9,12-14H,4-7,10-11H2,1-3H3. The average molecular weight is 254 g/mol. The van der Waals surface area contributed by atoms with E-state index in [9.17, 15) is 0 Å². The molecule has 0 amide bonds. The molecule has 0 aromatic heterocycles. The van der Waals surface area contributed by atoms with Crippen LogP contribution in [0.15, 0.2) is 30.3 Å². The first kappa shape index (κ1) is 14.1. The van der Waals surface area contributed by atoms with Gasteiger partial charge in [-0.1, -0.05) is 57.0 Å². The van der Waals surface area contributed by atoms with Gasteiger partial charge in [0.2, 0.25) is 0 Å². The van der Waals surface area contributed by atoms with E-state index >= 15 is 0 Å². The summed E-state index contributed by atoms with van der Waals surface area (Å²) >= 11 is 0. The predicted octanol–water partition coefficient (Wildman–Crippen LogP) is 5.83. The van der Waals surface area contributed by atoms with Crippen LogP contribution in [0.3, 0.4) is 0 Å². The summed E-state index contributed by atoms with van der Waals surface area (Å²) in [4.78, 5) is 0. The summed E-state index contributed by atoms with van der Waals surface area (Å²) < 4.78 is 0. The second-order valence-electron chi connectivity index (χ2n) is 5.58. The van der Waals surface area contributed by atoms with E-state index in [2.05, 4.69) is 51.1 Å². The highest BCUT2D eigenvalue weighted by Crippen LogP contribution is 2.27. The zero-order chi connectivity index (χ0) is 13.7. The molecule has 0 fully saturated rings. The highest BCUT2D eigenvalue weighted by molar-refractivity contribution is 5.89. The fourth-order valence-corrected chi connectivity index (χ4v) is 2.87. The lowest BCUT2D eigenvalue weighted by Crippen LogP contribution is -1.97. The van der Waals surface area contributed by atoms with Gasteiger partial charge in [0.15, 0.2) is 0 Å². The Morgan fingerprint density at radius 3 is 2.26 bits per heavy atom. The summed E-state index contributed by atoms with van der Waals surface area (Å²) in [7, 11) is 0. The Balaban J connectivity index is 2.49. The molecule has 2 aromatic rings. The molecule has 0 aliphatic heterocycles. The fraction of sp³-hybridized carbons (Fsp3) is 0.474. The Labute approximate surface area is 117 Å². The first-order valence-corrected chi connectivity index (χ1v) is 7.78. The van der Waals surface area contributed by atoms with E-state index in [1.807, 2.05) is 0 Å². The number of benzene rings is 2. The third-order valence-corrected chi connectivity index (χ3v) is 4.07. The number of fused-ring (bicyclic) bond motifs is 1. The van der Waals surface area contributed by atoms with Gasteiger partial charge >= 0.3 is 0 Å². The Bertz CT molecular complexity index is 537. The van der Waals surface area contributed by atoms with Crippen LogP contribution in [0.25, 0.3) is 10.8 Å². The van der Waals surface area contributed by atoms with Crippen LogP contribution in [0.2, 0.25) is 0 Å². The van der Waals surface area contributed by atoms with Gasteiger partial charge in [0.25, 0.3) is 0 Å². The van der Waals surface area contributed by atoms with E-state index in [-0.39, 0.29) is 0 Å². The van der Waals surface area contributed by atoms with Gasteiger partial charge in [0.05, 0.1) is 0 Å². The number of hydrogen-bond acceptors (Lipinski definition) is 0. The third-order valence-electron chi connectivity index (χ3n) is 4.07. The molecule has 0 heteroatoms. The van der Waals surface area contributed by atoms with Gasteiger partial charge in [0, 0.05) is 0 Å². The van der Waals surface area contributed by atoms with Gasteiger partial charge in [-0.15, -0.1) is 0 Å². The van der Waals surface area contributed by atoms with Gasteiger partial charge in [-0.2, -0.15) is 0 Å². The average Bonchev–Trinajstić information content (AvgIpc) is 2.43. The van der Waals surface area contributed by atoms with E-state index in [1.165, 1.54) is 54.9 Å². The van der Waals surface area contributed by atoms with Crippen LogP contribution in [0.5, 0.6) is 0 Å². The smallest absolute Gasteiger partial charge is 0.0147 e. The number of unbranched alkanes of at least 4 members (excludes halogenated alkanes) is 2. The minimum absolute atomic E-state index is 1.23. The van der Waals surface area contributed by atoms with Crippen LogP contribution in [0.1, 0.15) is 56.2 Å². The first-order chi connectivity index (χ1) is 9.27. The van der Waals surface area contributed by atoms with Crippen LogP contribution in [0, 0.1) is 6.92 Å². The van der Waals surface area contributed by atoms with Crippen molar-refractivity contribution in [1.82, 2.24) is 0 Å². The fourth-order valence-electron chi connectivity index (χ4n) is 2.87. The minimum Gasteiger partial charge on any atom is -0.0654 e. The zero-order valence-corrected chi connectivity index (χ0v) is 12.6. The Morgan fingerprint density at radius 1 is 0.789 bits per heavy atom. The lowest BCUT2D eigenvalue weighted by molar-refractivity contribution is 0.762. The van der Waals surface area contributed by atoms with E-state index in [1.54, 1.807) is 11.1 Å². The van der Waals surface area contributed by atoms with Crippen LogP contribution < -0.4 is 0 Å². The molecule has 0 unspecified atom stereocenters. The van der Waals surface area contributed by atoms with Gasteiger partial charge < -0.3 is 0 Å². The topological polar surface area (TPSA) is 0 Å². The number of hydrogen-bond donors (Lipinski definition) is 0. The molecule has 0 radical (unpaired) electrons. The molecule has 0 heterocycles. The summed E-state index contributed by atoms with van der Waals surface area (Å²) in [6, 6.07) is 11.4. The molecular weight excluding hydrogens is 228 g/mol. The van der Waals surface area contributed by atoms with Crippen molar-refractivity contribution < 1.29 is 0 Å². The summed E-state index contributed by atoms with van der Waals surface area (Å²) in [5.41, 5.74) is 4.59. The molecule has 2 rings (SSSR count). The molecule has 0 N–H and O–H groups in total. The SMILES string of the molecule is CCCCc1ccc2c(C)cccc2c1CCCC. The van der Waals surface area contributed by atoms with Crippen molar-refractivity contribution in [3.05, 3.63) is 47.0 Å². The maximum Gasteiger partial charge on any atom is -0.0147 e. The van der Waals surface area contributed by atoms with Crippen molar-refractivity contribution in [3.8, 4) is 0 Å². The molecule has 0 aliphatic carbocycles. The van der Waals surface area contributed by atoms with Crippen LogP contribution in [-0.4, -0.2) is 0 Å². The van der Waals surface area contributed by atoms with E-state index < -0.39 is 0 Å². The first-order valence-electron chi connectivity index (χ1n) is 7.78. The van der Waals surface area contributed by atoms with Crippen molar-refractivity contribution >= 4 is 10.8 Å². The van der Waals surface area contributed by atoms with Crippen molar-refractivity contribution in [2.75, 3.05) is 0 Å². The minimum atomic E-state index is 1.23. The van der Waals surface area contributed by atoms with Crippen molar-refractivity contribution in [1.29, 1.82) is 0 Å². The maximum atomic E-state index is 2.37.